The van der Waals surface area contributed by atoms with Crippen LogP contribution in [0.5, 0.6) is 0 Å². The Labute approximate surface area is 128 Å². The summed E-state index contributed by atoms with van der Waals surface area (Å²) in [5.74, 6) is -2.46. The highest BCUT2D eigenvalue weighted by Gasteiger charge is 2.34. The van der Waals surface area contributed by atoms with E-state index in [1.807, 2.05) is 0 Å². The fourth-order valence-electron chi connectivity index (χ4n) is 2.52. The van der Waals surface area contributed by atoms with Crippen LogP contribution in [0.4, 0.5) is 8.78 Å². The van der Waals surface area contributed by atoms with Crippen molar-refractivity contribution in [2.45, 2.75) is 18.4 Å². The minimum Gasteiger partial charge on any atom is -0.383 e. The molecule has 1 fully saturated rings. The van der Waals surface area contributed by atoms with E-state index in [4.69, 9.17) is 4.74 Å². The Morgan fingerprint density at radius 2 is 2.10 bits per heavy atom. The fraction of sp³-hybridized carbons (Fsp3) is 0.500. The third-order valence-electron chi connectivity index (χ3n) is 3.53. The number of amides is 1. The van der Waals surface area contributed by atoms with Crippen LogP contribution in [0.25, 0.3) is 0 Å². The maximum absolute atomic E-state index is 13.5. The maximum Gasteiger partial charge on any atom is 0.257 e. The average molecular weight is 321 g/mol. The largest absolute Gasteiger partial charge is 0.383 e. The molecule has 7 heteroatoms. The summed E-state index contributed by atoms with van der Waals surface area (Å²) in [5.41, 5.74) is -0.898. The average Bonchev–Trinajstić information content (AvgIpc) is 2.86. The molecule has 1 aliphatic rings. The van der Waals surface area contributed by atoms with Crippen LogP contribution in [0.3, 0.4) is 0 Å². The van der Waals surface area contributed by atoms with Gasteiger partial charge in [-0.1, -0.05) is 6.07 Å². The number of nitrogens with one attached hydrogen (secondary N) is 2. The van der Waals surface area contributed by atoms with E-state index in [9.17, 15) is 13.6 Å². The summed E-state index contributed by atoms with van der Waals surface area (Å²) >= 11 is 0. The SMILES string of the molecule is COCC1(CNC(=O)c2c(F)cccc2F)CCCN1.Cl. The van der Waals surface area contributed by atoms with Gasteiger partial charge in [-0.05, 0) is 31.5 Å². The minimum absolute atomic E-state index is 0. The number of halogens is 3. The molecule has 1 amide bonds. The van der Waals surface area contributed by atoms with Crippen molar-refractivity contribution in [3.8, 4) is 0 Å². The van der Waals surface area contributed by atoms with Gasteiger partial charge >= 0.3 is 0 Å². The first-order valence-corrected chi connectivity index (χ1v) is 6.54. The first-order valence-electron chi connectivity index (χ1n) is 6.54. The molecule has 0 spiro atoms. The molecule has 1 saturated heterocycles. The van der Waals surface area contributed by atoms with Crippen molar-refractivity contribution in [1.29, 1.82) is 0 Å². The van der Waals surface area contributed by atoms with Crippen LogP contribution in [0.2, 0.25) is 0 Å². The lowest BCUT2D eigenvalue weighted by Crippen LogP contribution is -2.53. The molecule has 118 valence electrons. The van der Waals surface area contributed by atoms with Crippen LogP contribution < -0.4 is 10.6 Å². The van der Waals surface area contributed by atoms with Crippen molar-refractivity contribution in [2.24, 2.45) is 0 Å². The van der Waals surface area contributed by atoms with Crippen LogP contribution in [-0.4, -0.2) is 38.3 Å². The fourth-order valence-corrected chi connectivity index (χ4v) is 2.52. The van der Waals surface area contributed by atoms with Gasteiger partial charge in [-0.3, -0.25) is 4.79 Å². The molecule has 1 unspecified atom stereocenters. The number of methoxy groups -OCH3 is 1. The third kappa shape index (κ3) is 4.12. The molecule has 1 atom stereocenters. The van der Waals surface area contributed by atoms with Crippen molar-refractivity contribution >= 4 is 18.3 Å². The van der Waals surface area contributed by atoms with Gasteiger partial charge in [0.1, 0.15) is 17.2 Å². The molecule has 0 saturated carbocycles. The Balaban J connectivity index is 0.00000220. The minimum atomic E-state index is -0.859. The van der Waals surface area contributed by atoms with Gasteiger partial charge in [0, 0.05) is 13.7 Å². The highest BCUT2D eigenvalue weighted by molar-refractivity contribution is 5.94. The molecular formula is C14H19ClF2N2O2. The lowest BCUT2D eigenvalue weighted by atomic mass is 9.98. The molecule has 1 aliphatic heterocycles. The number of carbonyl (C=O) groups excluding carboxylic acids is 1. The number of rotatable bonds is 5. The predicted octanol–water partition coefficient (Wildman–Crippen LogP) is 1.89. The van der Waals surface area contributed by atoms with Crippen LogP contribution in [-0.2, 0) is 4.74 Å². The van der Waals surface area contributed by atoms with E-state index in [1.165, 1.54) is 6.07 Å². The highest BCUT2D eigenvalue weighted by atomic mass is 35.5. The van der Waals surface area contributed by atoms with Gasteiger partial charge in [0.15, 0.2) is 0 Å². The normalized spacial score (nSPS) is 20.9. The Kier molecular flexibility index (Phi) is 6.51. The smallest absolute Gasteiger partial charge is 0.257 e. The van der Waals surface area contributed by atoms with Gasteiger partial charge < -0.3 is 15.4 Å². The van der Waals surface area contributed by atoms with E-state index in [-0.39, 0.29) is 24.5 Å². The zero-order valence-electron chi connectivity index (χ0n) is 11.7. The number of carbonyl (C=O) groups is 1. The van der Waals surface area contributed by atoms with Gasteiger partial charge in [0.25, 0.3) is 5.91 Å². The Morgan fingerprint density at radius 1 is 1.43 bits per heavy atom. The predicted molar refractivity (Wildman–Crippen MR) is 77.8 cm³/mol. The molecule has 0 radical (unpaired) electrons. The molecule has 1 aromatic rings. The number of hydrogen-bond donors (Lipinski definition) is 2. The van der Waals surface area contributed by atoms with E-state index < -0.39 is 23.1 Å². The van der Waals surface area contributed by atoms with E-state index in [1.54, 1.807) is 7.11 Å². The molecule has 0 aliphatic carbocycles. The molecule has 0 bridgehead atoms. The molecule has 2 rings (SSSR count). The summed E-state index contributed by atoms with van der Waals surface area (Å²) in [5, 5.41) is 5.87. The lowest BCUT2D eigenvalue weighted by Gasteiger charge is -2.29. The zero-order valence-corrected chi connectivity index (χ0v) is 12.6. The van der Waals surface area contributed by atoms with Crippen molar-refractivity contribution in [2.75, 3.05) is 26.8 Å². The van der Waals surface area contributed by atoms with E-state index in [0.717, 1.165) is 31.5 Å². The van der Waals surface area contributed by atoms with Crippen molar-refractivity contribution in [1.82, 2.24) is 10.6 Å². The summed E-state index contributed by atoms with van der Waals surface area (Å²) in [6, 6.07) is 3.36. The summed E-state index contributed by atoms with van der Waals surface area (Å²) < 4.78 is 32.2. The van der Waals surface area contributed by atoms with Crippen LogP contribution in [0, 0.1) is 11.6 Å². The first-order chi connectivity index (χ1) is 9.58. The highest BCUT2D eigenvalue weighted by Crippen LogP contribution is 2.19. The summed E-state index contributed by atoms with van der Waals surface area (Å²) in [6.45, 7) is 1.55. The molecule has 1 heterocycles. The van der Waals surface area contributed by atoms with E-state index >= 15 is 0 Å². The molecule has 2 N–H and O–H groups in total. The lowest BCUT2D eigenvalue weighted by molar-refractivity contribution is 0.0884. The maximum atomic E-state index is 13.5. The van der Waals surface area contributed by atoms with Gasteiger partial charge in [-0.25, -0.2) is 8.78 Å². The second-order valence-electron chi connectivity index (χ2n) is 5.02. The molecular weight excluding hydrogens is 302 g/mol. The third-order valence-corrected chi connectivity index (χ3v) is 3.53. The molecule has 21 heavy (non-hydrogen) atoms. The standard InChI is InChI=1S/C14H18F2N2O2.ClH/c1-20-9-14(6-3-7-18-14)8-17-13(19)12-10(15)4-2-5-11(12)16;/h2,4-5,18H,3,6-9H2,1H3,(H,17,19);1H. The van der Waals surface area contributed by atoms with E-state index in [0.29, 0.717) is 6.61 Å². The topological polar surface area (TPSA) is 50.4 Å². The monoisotopic (exact) mass is 320 g/mol. The van der Waals surface area contributed by atoms with Gasteiger partial charge in [0.2, 0.25) is 0 Å². The number of hydrogen-bond acceptors (Lipinski definition) is 3. The van der Waals surface area contributed by atoms with E-state index in [2.05, 4.69) is 10.6 Å². The van der Waals surface area contributed by atoms with Gasteiger partial charge in [0.05, 0.1) is 12.1 Å². The quantitative estimate of drug-likeness (QED) is 0.871. The van der Waals surface area contributed by atoms with Gasteiger partial charge in [-0.15, -0.1) is 12.4 Å². The van der Waals surface area contributed by atoms with Gasteiger partial charge in [-0.2, -0.15) is 0 Å². The van der Waals surface area contributed by atoms with Crippen LogP contribution >= 0.6 is 12.4 Å². The van der Waals surface area contributed by atoms with Crippen molar-refractivity contribution in [3.05, 3.63) is 35.4 Å². The molecule has 4 nitrogen and oxygen atoms in total. The Bertz CT molecular complexity index is 474. The second-order valence-corrected chi connectivity index (χ2v) is 5.02. The van der Waals surface area contributed by atoms with Crippen LogP contribution in [0.15, 0.2) is 18.2 Å². The zero-order chi connectivity index (χ0) is 14.6. The van der Waals surface area contributed by atoms with Crippen molar-refractivity contribution in [3.63, 3.8) is 0 Å². The van der Waals surface area contributed by atoms with Crippen molar-refractivity contribution < 1.29 is 18.3 Å². The van der Waals surface area contributed by atoms with Crippen LogP contribution in [0.1, 0.15) is 23.2 Å². The second kappa shape index (κ2) is 7.68. The molecule has 0 aromatic heterocycles. The number of ether oxygens (including phenoxy) is 1. The summed E-state index contributed by atoms with van der Waals surface area (Å²) in [7, 11) is 1.58. The summed E-state index contributed by atoms with van der Waals surface area (Å²) in [6.07, 6.45) is 1.83. The molecule has 1 aromatic carbocycles. The summed E-state index contributed by atoms with van der Waals surface area (Å²) in [4.78, 5) is 11.9. The number of benzene rings is 1. The Morgan fingerprint density at radius 3 is 2.62 bits per heavy atom. The first kappa shape index (κ1) is 17.8. The Hall–Kier alpha value is -1.24.